The number of aliphatic hydroxyl groups is 1. The number of fused-ring (bicyclic) bond motifs is 2. The Bertz CT molecular complexity index is 1210. The third-order valence-electron chi connectivity index (χ3n) is 7.04. The minimum Gasteiger partial charge on any atom is -0.512 e. The first kappa shape index (κ1) is 25.5. The second-order valence-electron chi connectivity index (χ2n) is 9.57. The van der Waals surface area contributed by atoms with Crippen molar-refractivity contribution in [2.75, 3.05) is 11.5 Å². The summed E-state index contributed by atoms with van der Waals surface area (Å²) < 4.78 is 49.1. The lowest BCUT2D eigenvalue weighted by Crippen LogP contribution is -2.45. The average Bonchev–Trinajstić information content (AvgIpc) is 3.51. The Morgan fingerprint density at radius 1 is 1.14 bits per heavy atom. The first-order valence-corrected chi connectivity index (χ1v) is 12.9. The molecule has 2 saturated heterocycles. The number of aromatic nitrogens is 1. The van der Waals surface area contributed by atoms with Gasteiger partial charge in [0.1, 0.15) is 11.5 Å². The molecule has 3 fully saturated rings. The van der Waals surface area contributed by atoms with Gasteiger partial charge in [0.25, 0.3) is 0 Å². The fraction of sp³-hybridized carbons (Fsp3) is 0.480. The fourth-order valence-corrected chi connectivity index (χ4v) is 6.13. The van der Waals surface area contributed by atoms with Gasteiger partial charge in [-0.2, -0.15) is 0 Å². The Balaban J connectivity index is 1.30. The smallest absolute Gasteiger partial charge is 0.512 e. The van der Waals surface area contributed by atoms with Gasteiger partial charge in [-0.3, -0.25) is 5.41 Å². The van der Waals surface area contributed by atoms with E-state index >= 15 is 0 Å². The number of anilines is 1. The van der Waals surface area contributed by atoms with Crippen LogP contribution in [0.1, 0.15) is 54.6 Å². The fourth-order valence-electron chi connectivity index (χ4n) is 5.18. The number of rotatable bonds is 9. The predicted molar refractivity (Wildman–Crippen MR) is 130 cm³/mol. The minimum absolute atomic E-state index is 0.0174. The first-order chi connectivity index (χ1) is 17.6. The molecule has 2 bridgehead atoms. The Morgan fingerprint density at radius 2 is 1.81 bits per heavy atom. The zero-order valence-electron chi connectivity index (χ0n) is 19.7. The molecule has 3 atom stereocenters. The van der Waals surface area contributed by atoms with Crippen LogP contribution >= 0.6 is 11.3 Å². The van der Waals surface area contributed by atoms with E-state index in [9.17, 15) is 28.2 Å². The molecule has 2 aliphatic heterocycles. The number of para-hydroxylation sites is 1. The lowest BCUT2D eigenvalue weighted by Gasteiger charge is -2.38. The number of carboxylic acids is 1. The Kier molecular flexibility index (Phi) is 6.88. The number of aliphatic hydroxyl groups excluding tert-OH is 1. The molecule has 1 aromatic heterocycles. The molecule has 0 amide bonds. The Morgan fingerprint density at radius 3 is 2.41 bits per heavy atom. The van der Waals surface area contributed by atoms with E-state index in [2.05, 4.69) is 14.6 Å². The highest BCUT2D eigenvalue weighted by atomic mass is 32.1. The predicted octanol–water partition coefficient (Wildman–Crippen LogP) is 5.55. The SMILES string of the molecule is N=C(/C(COC1CC2CC[C@@H](C1)N2c1nc(C(=O)O)cs1)=C(\O)C1CC1)c1ccccc1OC(F)(F)F. The van der Waals surface area contributed by atoms with Crippen molar-refractivity contribution in [2.45, 2.75) is 63.1 Å². The van der Waals surface area contributed by atoms with Gasteiger partial charge in [-0.1, -0.05) is 12.1 Å². The van der Waals surface area contributed by atoms with Gasteiger partial charge < -0.3 is 24.6 Å². The van der Waals surface area contributed by atoms with Gasteiger partial charge in [0.05, 0.1) is 18.4 Å². The molecular formula is C25H26F3N3O5S. The molecule has 5 rings (SSSR count). The summed E-state index contributed by atoms with van der Waals surface area (Å²) in [6.07, 6.45) is -0.430. The molecule has 3 aliphatic rings. The van der Waals surface area contributed by atoms with Crippen LogP contribution in [0.4, 0.5) is 18.3 Å². The Labute approximate surface area is 214 Å². The van der Waals surface area contributed by atoms with Gasteiger partial charge >= 0.3 is 12.3 Å². The standard InChI is InChI=1S/C25H26F3N3O5S/c26-25(27,28)36-20-4-2-1-3-17(20)21(29)18(22(32)13-5-6-13)11-35-16-9-14-7-8-15(10-16)31(14)24-30-19(12-37-24)23(33)34/h1-4,12-16,29,32H,5-11H2,(H,33,34)/b22-18-,29-21?/t14-,15?,16?/m0/s1. The zero-order valence-corrected chi connectivity index (χ0v) is 20.5. The van der Waals surface area contributed by atoms with E-state index in [1.165, 1.54) is 34.9 Å². The van der Waals surface area contributed by atoms with E-state index in [-0.39, 0.29) is 59.0 Å². The van der Waals surface area contributed by atoms with Crippen LogP contribution in [-0.4, -0.2) is 58.0 Å². The summed E-state index contributed by atoms with van der Waals surface area (Å²) in [5.74, 6) is -1.71. The lowest BCUT2D eigenvalue weighted by molar-refractivity contribution is -0.274. The van der Waals surface area contributed by atoms with Gasteiger partial charge in [0, 0.05) is 34.5 Å². The molecule has 3 heterocycles. The second kappa shape index (κ2) is 9.97. The number of piperidine rings is 1. The van der Waals surface area contributed by atoms with Crippen LogP contribution in [0.5, 0.6) is 5.75 Å². The number of allylic oxidation sites excluding steroid dienone is 1. The van der Waals surface area contributed by atoms with Crippen molar-refractivity contribution in [3.05, 3.63) is 52.2 Å². The number of nitrogens with one attached hydrogen (secondary N) is 1. The number of aromatic carboxylic acids is 1. The molecule has 2 aromatic rings. The van der Waals surface area contributed by atoms with Crippen molar-refractivity contribution in [1.82, 2.24) is 4.98 Å². The number of hydrogen-bond donors (Lipinski definition) is 3. The van der Waals surface area contributed by atoms with Crippen LogP contribution < -0.4 is 9.64 Å². The summed E-state index contributed by atoms with van der Waals surface area (Å²) in [5, 5.41) is 30.9. The van der Waals surface area contributed by atoms with Crippen molar-refractivity contribution >= 4 is 28.1 Å². The largest absolute Gasteiger partial charge is 0.573 e. The topological polar surface area (TPSA) is 116 Å². The monoisotopic (exact) mass is 537 g/mol. The summed E-state index contributed by atoms with van der Waals surface area (Å²) in [7, 11) is 0. The molecule has 1 aliphatic carbocycles. The number of ether oxygens (including phenoxy) is 2. The summed E-state index contributed by atoms with van der Waals surface area (Å²) in [6.45, 7) is -0.105. The molecule has 2 unspecified atom stereocenters. The number of benzene rings is 1. The molecule has 198 valence electrons. The van der Waals surface area contributed by atoms with E-state index < -0.39 is 18.1 Å². The van der Waals surface area contributed by atoms with Gasteiger partial charge in [0.15, 0.2) is 10.8 Å². The summed E-state index contributed by atoms with van der Waals surface area (Å²) in [5.41, 5.74) is -0.134. The van der Waals surface area contributed by atoms with Gasteiger partial charge in [-0.05, 0) is 50.7 Å². The molecular weight excluding hydrogens is 511 g/mol. The number of alkyl halides is 3. The second-order valence-corrected chi connectivity index (χ2v) is 10.4. The highest BCUT2D eigenvalue weighted by Crippen LogP contribution is 2.42. The van der Waals surface area contributed by atoms with Crippen LogP contribution in [0.2, 0.25) is 0 Å². The summed E-state index contributed by atoms with van der Waals surface area (Å²) >= 11 is 1.30. The van der Waals surface area contributed by atoms with Crippen molar-refractivity contribution < 1.29 is 37.7 Å². The molecule has 12 heteroatoms. The third kappa shape index (κ3) is 5.59. The van der Waals surface area contributed by atoms with E-state index in [1.54, 1.807) is 0 Å². The Hall–Kier alpha value is -3.12. The lowest BCUT2D eigenvalue weighted by atomic mass is 9.98. The van der Waals surface area contributed by atoms with Gasteiger partial charge in [0.2, 0.25) is 0 Å². The molecule has 37 heavy (non-hydrogen) atoms. The van der Waals surface area contributed by atoms with Crippen LogP contribution in [0.25, 0.3) is 0 Å². The average molecular weight is 538 g/mol. The van der Waals surface area contributed by atoms with Crippen LogP contribution in [0, 0.1) is 11.3 Å². The molecule has 8 nitrogen and oxygen atoms in total. The number of carboxylic acid groups (broad SMARTS) is 1. The van der Waals surface area contributed by atoms with Gasteiger partial charge in [-0.25, -0.2) is 9.78 Å². The zero-order chi connectivity index (χ0) is 26.3. The minimum atomic E-state index is -4.91. The maximum atomic E-state index is 12.9. The summed E-state index contributed by atoms with van der Waals surface area (Å²) in [6, 6.07) is 5.67. The van der Waals surface area contributed by atoms with Gasteiger partial charge in [-0.15, -0.1) is 24.5 Å². The maximum absolute atomic E-state index is 12.9. The van der Waals surface area contributed by atoms with Crippen molar-refractivity contribution in [1.29, 1.82) is 5.41 Å². The molecule has 1 aromatic carbocycles. The molecule has 3 N–H and O–H groups in total. The van der Waals surface area contributed by atoms with E-state index in [0.717, 1.165) is 31.7 Å². The number of carbonyl (C=O) groups is 1. The van der Waals surface area contributed by atoms with Crippen LogP contribution in [0.15, 0.2) is 41.0 Å². The van der Waals surface area contributed by atoms with E-state index in [1.807, 2.05) is 0 Å². The van der Waals surface area contributed by atoms with Crippen molar-refractivity contribution in [3.63, 3.8) is 0 Å². The molecule has 0 radical (unpaired) electrons. The molecule has 1 saturated carbocycles. The quantitative estimate of drug-likeness (QED) is 0.284. The van der Waals surface area contributed by atoms with E-state index in [4.69, 9.17) is 10.1 Å². The number of thiazole rings is 1. The van der Waals surface area contributed by atoms with Crippen molar-refractivity contribution in [2.24, 2.45) is 5.92 Å². The van der Waals surface area contributed by atoms with Crippen LogP contribution in [-0.2, 0) is 4.74 Å². The maximum Gasteiger partial charge on any atom is 0.573 e. The van der Waals surface area contributed by atoms with Crippen LogP contribution in [0.3, 0.4) is 0 Å². The number of halogens is 3. The van der Waals surface area contributed by atoms with E-state index in [0.29, 0.717) is 18.0 Å². The summed E-state index contributed by atoms with van der Waals surface area (Å²) in [4.78, 5) is 17.7. The number of hydrogen-bond acceptors (Lipinski definition) is 8. The first-order valence-electron chi connectivity index (χ1n) is 12.1. The highest BCUT2D eigenvalue weighted by molar-refractivity contribution is 7.14. The normalized spacial score (nSPS) is 24.1. The molecule has 0 spiro atoms. The third-order valence-corrected chi connectivity index (χ3v) is 7.90. The van der Waals surface area contributed by atoms with Crippen molar-refractivity contribution in [3.8, 4) is 5.75 Å². The number of nitrogens with zero attached hydrogens (tertiary/aromatic N) is 2. The highest BCUT2D eigenvalue weighted by Gasteiger charge is 2.43.